The highest BCUT2D eigenvalue weighted by molar-refractivity contribution is 7.98. The second kappa shape index (κ2) is 9.54. The van der Waals surface area contributed by atoms with Gasteiger partial charge in [0.2, 0.25) is 5.91 Å². The summed E-state index contributed by atoms with van der Waals surface area (Å²) >= 11 is 1.63. The van der Waals surface area contributed by atoms with E-state index in [0.717, 1.165) is 18.6 Å². The fraction of sp³-hybridized carbons (Fsp3) is 0.867. The van der Waals surface area contributed by atoms with Crippen LogP contribution in [0, 0.1) is 11.8 Å². The predicted octanol–water partition coefficient (Wildman–Crippen LogP) is 0.358. The number of nitrogens with two attached hydrogens (primary N) is 2. The standard InChI is InChI=1S/C15H28BN3O3S/c1-23-7-5-12(17)13(20)19-9-11-3-2-10(4-6-16)8-15(11,18)14(21)22/h10-12H,2-9,17-18H2,1H3,(H,19,20)(H,21,22)/t10-,11-,12-,15+/m0/s1. The van der Waals surface area contributed by atoms with Crippen molar-refractivity contribution < 1.29 is 14.7 Å². The zero-order valence-corrected chi connectivity index (χ0v) is 14.6. The number of hydrogen-bond donors (Lipinski definition) is 4. The number of hydrogen-bond acceptors (Lipinski definition) is 5. The summed E-state index contributed by atoms with van der Waals surface area (Å²) in [5, 5.41) is 12.3. The third kappa shape index (κ3) is 5.69. The Morgan fingerprint density at radius 1 is 1.48 bits per heavy atom. The summed E-state index contributed by atoms with van der Waals surface area (Å²) in [7, 11) is 5.57. The van der Waals surface area contributed by atoms with Crippen LogP contribution in [-0.4, -0.2) is 55.0 Å². The summed E-state index contributed by atoms with van der Waals surface area (Å²) in [4.78, 5) is 23.6. The van der Waals surface area contributed by atoms with Crippen molar-refractivity contribution in [1.82, 2.24) is 5.32 Å². The minimum atomic E-state index is -1.31. The van der Waals surface area contributed by atoms with Crippen LogP contribution < -0.4 is 16.8 Å². The van der Waals surface area contributed by atoms with E-state index in [2.05, 4.69) is 5.32 Å². The summed E-state index contributed by atoms with van der Waals surface area (Å²) in [5.74, 6) is -0.488. The van der Waals surface area contributed by atoms with E-state index in [9.17, 15) is 14.7 Å². The van der Waals surface area contributed by atoms with Gasteiger partial charge < -0.3 is 21.9 Å². The smallest absolute Gasteiger partial charge is 0.324 e. The predicted molar refractivity (Wildman–Crippen MR) is 94.5 cm³/mol. The van der Waals surface area contributed by atoms with Gasteiger partial charge in [-0.3, -0.25) is 9.59 Å². The Hall–Kier alpha value is -0.725. The number of rotatable bonds is 9. The number of aliphatic carboxylic acids is 1. The highest BCUT2D eigenvalue weighted by atomic mass is 32.2. The zero-order chi connectivity index (χ0) is 17.5. The first-order chi connectivity index (χ1) is 10.8. The van der Waals surface area contributed by atoms with Crippen LogP contribution in [0.5, 0.6) is 0 Å². The molecule has 0 bridgehead atoms. The Labute approximate surface area is 143 Å². The van der Waals surface area contributed by atoms with Crippen molar-refractivity contribution in [2.24, 2.45) is 23.3 Å². The second-order valence-corrected chi connectivity index (χ2v) is 7.39. The lowest BCUT2D eigenvalue weighted by atomic mass is 9.67. The molecule has 4 atom stereocenters. The van der Waals surface area contributed by atoms with E-state index in [0.29, 0.717) is 25.6 Å². The fourth-order valence-corrected chi connectivity index (χ4v) is 3.69. The number of thioether (sulfide) groups is 1. The average Bonchev–Trinajstić information content (AvgIpc) is 2.51. The number of carbonyl (C=O) groups excluding carboxylic acids is 1. The molecule has 1 fully saturated rings. The monoisotopic (exact) mass is 341 g/mol. The molecular formula is C15H28BN3O3S. The molecule has 0 aliphatic heterocycles. The fourth-order valence-electron chi connectivity index (χ4n) is 3.20. The Kier molecular flexibility index (Phi) is 8.43. The van der Waals surface area contributed by atoms with Gasteiger partial charge in [-0.15, -0.1) is 0 Å². The van der Waals surface area contributed by atoms with Gasteiger partial charge in [-0.2, -0.15) is 11.8 Å². The van der Waals surface area contributed by atoms with Gasteiger partial charge in [-0.05, 0) is 43.6 Å². The number of carboxylic acids is 1. The second-order valence-electron chi connectivity index (χ2n) is 6.40. The number of amides is 1. The number of nitrogens with one attached hydrogen (secondary N) is 1. The Morgan fingerprint density at radius 3 is 2.74 bits per heavy atom. The van der Waals surface area contributed by atoms with Crippen LogP contribution in [0.3, 0.4) is 0 Å². The summed E-state index contributed by atoms with van der Waals surface area (Å²) in [5.41, 5.74) is 10.7. The summed E-state index contributed by atoms with van der Waals surface area (Å²) in [6.07, 6.45) is 5.84. The van der Waals surface area contributed by atoms with Crippen LogP contribution in [0.15, 0.2) is 0 Å². The molecule has 1 aliphatic rings. The molecule has 2 radical (unpaired) electrons. The van der Waals surface area contributed by atoms with Gasteiger partial charge in [0.1, 0.15) is 5.54 Å². The molecule has 6 N–H and O–H groups in total. The largest absolute Gasteiger partial charge is 0.480 e. The molecule has 1 saturated carbocycles. The maximum absolute atomic E-state index is 12.0. The van der Waals surface area contributed by atoms with Crippen LogP contribution in [0.2, 0.25) is 6.32 Å². The van der Waals surface area contributed by atoms with E-state index in [4.69, 9.17) is 19.3 Å². The maximum atomic E-state index is 12.0. The quantitative estimate of drug-likeness (QED) is 0.450. The van der Waals surface area contributed by atoms with Crippen molar-refractivity contribution >= 4 is 31.5 Å². The average molecular weight is 341 g/mol. The first-order valence-corrected chi connectivity index (χ1v) is 9.49. The molecule has 0 heterocycles. The molecule has 0 aromatic carbocycles. The van der Waals surface area contributed by atoms with Crippen molar-refractivity contribution in [1.29, 1.82) is 0 Å². The van der Waals surface area contributed by atoms with Crippen molar-refractivity contribution in [3.05, 3.63) is 0 Å². The zero-order valence-electron chi connectivity index (χ0n) is 13.8. The molecule has 8 heteroatoms. The lowest BCUT2D eigenvalue weighted by Gasteiger charge is -2.41. The van der Waals surface area contributed by atoms with Gasteiger partial charge in [0, 0.05) is 12.5 Å². The Balaban J connectivity index is 2.60. The third-order valence-corrected chi connectivity index (χ3v) is 5.39. The molecule has 0 saturated heterocycles. The summed E-state index contributed by atoms with van der Waals surface area (Å²) < 4.78 is 0. The van der Waals surface area contributed by atoms with E-state index in [1.807, 2.05) is 6.26 Å². The molecule has 1 rings (SSSR count). The van der Waals surface area contributed by atoms with Gasteiger partial charge in [0.05, 0.1) is 13.9 Å². The minimum Gasteiger partial charge on any atom is -0.480 e. The first-order valence-electron chi connectivity index (χ1n) is 8.09. The molecule has 6 nitrogen and oxygen atoms in total. The van der Waals surface area contributed by atoms with Crippen LogP contribution in [0.4, 0.5) is 0 Å². The van der Waals surface area contributed by atoms with Crippen LogP contribution >= 0.6 is 11.8 Å². The number of carbonyl (C=O) groups is 2. The lowest BCUT2D eigenvalue weighted by Crippen LogP contribution is -2.60. The van der Waals surface area contributed by atoms with Crippen molar-refractivity contribution in [3.63, 3.8) is 0 Å². The Morgan fingerprint density at radius 2 is 2.17 bits per heavy atom. The summed E-state index contributed by atoms with van der Waals surface area (Å²) in [6, 6.07) is -0.562. The molecular weight excluding hydrogens is 313 g/mol. The van der Waals surface area contributed by atoms with Crippen molar-refractivity contribution in [2.45, 2.75) is 50.0 Å². The van der Waals surface area contributed by atoms with Crippen LogP contribution in [0.1, 0.15) is 32.1 Å². The van der Waals surface area contributed by atoms with E-state index >= 15 is 0 Å². The first kappa shape index (κ1) is 20.3. The maximum Gasteiger partial charge on any atom is 0.324 e. The van der Waals surface area contributed by atoms with Gasteiger partial charge >= 0.3 is 5.97 Å². The Bertz CT molecular complexity index is 413. The molecule has 130 valence electrons. The van der Waals surface area contributed by atoms with E-state index in [1.54, 1.807) is 11.8 Å². The molecule has 1 aliphatic carbocycles. The highest BCUT2D eigenvalue weighted by Crippen LogP contribution is 2.37. The van der Waals surface area contributed by atoms with Crippen molar-refractivity contribution in [3.8, 4) is 0 Å². The highest BCUT2D eigenvalue weighted by Gasteiger charge is 2.46. The lowest BCUT2D eigenvalue weighted by molar-refractivity contribution is -0.148. The van der Waals surface area contributed by atoms with Gasteiger partial charge in [-0.25, -0.2) is 0 Å². The van der Waals surface area contributed by atoms with E-state index in [-0.39, 0.29) is 24.3 Å². The number of carboxylic acid groups (broad SMARTS) is 1. The molecule has 0 aromatic heterocycles. The molecule has 0 spiro atoms. The molecule has 0 unspecified atom stereocenters. The van der Waals surface area contributed by atoms with Gasteiger partial charge in [0.15, 0.2) is 0 Å². The van der Waals surface area contributed by atoms with Crippen LogP contribution in [0.25, 0.3) is 0 Å². The van der Waals surface area contributed by atoms with E-state index in [1.165, 1.54) is 0 Å². The summed E-state index contributed by atoms with van der Waals surface area (Å²) in [6.45, 7) is 0.254. The van der Waals surface area contributed by atoms with E-state index < -0.39 is 17.6 Å². The van der Waals surface area contributed by atoms with Crippen LogP contribution in [-0.2, 0) is 9.59 Å². The molecule has 23 heavy (non-hydrogen) atoms. The normalized spacial score (nSPS) is 29.0. The SMILES string of the molecule is [B]CC[C@@H]1CC[C@@H](CNC(=O)[C@@H](N)CCSC)[C@@](N)(C(=O)O)C1. The van der Waals surface area contributed by atoms with Crippen molar-refractivity contribution in [2.75, 3.05) is 18.6 Å². The van der Waals surface area contributed by atoms with Gasteiger partial charge in [-0.1, -0.05) is 12.7 Å². The third-order valence-electron chi connectivity index (χ3n) is 4.74. The molecule has 1 amide bonds. The van der Waals surface area contributed by atoms with Gasteiger partial charge in [0.25, 0.3) is 0 Å². The minimum absolute atomic E-state index is 0.233. The topological polar surface area (TPSA) is 118 Å². The molecule has 0 aromatic rings.